The molecule has 0 spiro atoms. The molecule has 2 aromatic carbocycles. The van der Waals surface area contributed by atoms with E-state index in [1.54, 1.807) is 0 Å². The zero-order valence-electron chi connectivity index (χ0n) is 14.9. The molecule has 1 amide bonds. The Morgan fingerprint density at radius 1 is 1.19 bits per heavy atom. The van der Waals surface area contributed by atoms with Crippen LogP contribution in [0.3, 0.4) is 0 Å². The van der Waals surface area contributed by atoms with Crippen LogP contribution in [0.15, 0.2) is 53.6 Å². The highest BCUT2D eigenvalue weighted by Crippen LogP contribution is 2.29. The largest absolute Gasteiger partial charge is 0.325 e. The van der Waals surface area contributed by atoms with Crippen LogP contribution in [0.4, 0.5) is 5.69 Å². The van der Waals surface area contributed by atoms with Crippen molar-refractivity contribution < 1.29 is 4.79 Å². The van der Waals surface area contributed by atoms with Crippen LogP contribution in [0.1, 0.15) is 23.7 Å². The molecule has 3 rings (SSSR count). The Morgan fingerprint density at radius 3 is 2.69 bits per heavy atom. The SMILES string of the molecule is Cc1cc(C)c(C#N)c(SC(C)C(=O)Nc2cccc3ccccc23)n1. The molecule has 5 heteroatoms. The summed E-state index contributed by atoms with van der Waals surface area (Å²) in [7, 11) is 0. The third-order valence-corrected chi connectivity index (χ3v) is 5.21. The number of hydrogen-bond donors (Lipinski definition) is 1. The summed E-state index contributed by atoms with van der Waals surface area (Å²) in [4.78, 5) is 17.1. The topological polar surface area (TPSA) is 65.8 Å². The summed E-state index contributed by atoms with van der Waals surface area (Å²) in [5.41, 5.74) is 3.04. The minimum Gasteiger partial charge on any atom is -0.325 e. The average Bonchev–Trinajstić information content (AvgIpc) is 2.61. The summed E-state index contributed by atoms with van der Waals surface area (Å²) < 4.78 is 0. The van der Waals surface area contributed by atoms with E-state index in [2.05, 4.69) is 16.4 Å². The van der Waals surface area contributed by atoms with Crippen molar-refractivity contribution in [2.45, 2.75) is 31.0 Å². The Bertz CT molecular complexity index is 1020. The van der Waals surface area contributed by atoms with E-state index < -0.39 is 0 Å². The van der Waals surface area contributed by atoms with Crippen molar-refractivity contribution in [1.82, 2.24) is 4.98 Å². The third-order valence-electron chi connectivity index (χ3n) is 4.13. The first kappa shape index (κ1) is 18.0. The maximum atomic E-state index is 12.7. The number of nitriles is 1. The number of amides is 1. The molecule has 0 aliphatic rings. The summed E-state index contributed by atoms with van der Waals surface area (Å²) in [5, 5.41) is 14.7. The summed E-state index contributed by atoms with van der Waals surface area (Å²) >= 11 is 1.31. The van der Waals surface area contributed by atoms with Gasteiger partial charge >= 0.3 is 0 Å². The number of hydrogen-bond acceptors (Lipinski definition) is 4. The van der Waals surface area contributed by atoms with Gasteiger partial charge in [-0.1, -0.05) is 48.2 Å². The fourth-order valence-electron chi connectivity index (χ4n) is 2.81. The molecule has 0 aliphatic heterocycles. The molecular weight excluding hydrogens is 342 g/mol. The first-order chi connectivity index (χ1) is 12.5. The van der Waals surface area contributed by atoms with Gasteiger partial charge < -0.3 is 5.32 Å². The highest BCUT2D eigenvalue weighted by molar-refractivity contribution is 8.00. The second kappa shape index (κ2) is 7.59. The first-order valence-corrected chi connectivity index (χ1v) is 9.21. The van der Waals surface area contributed by atoms with E-state index in [1.165, 1.54) is 11.8 Å². The van der Waals surface area contributed by atoms with E-state index in [9.17, 15) is 10.1 Å². The number of benzene rings is 2. The van der Waals surface area contributed by atoms with Crippen molar-refractivity contribution in [2.24, 2.45) is 0 Å². The lowest BCUT2D eigenvalue weighted by Crippen LogP contribution is -2.22. The van der Waals surface area contributed by atoms with Gasteiger partial charge in [0.05, 0.1) is 10.8 Å². The summed E-state index contributed by atoms with van der Waals surface area (Å²) in [6.45, 7) is 5.60. The van der Waals surface area contributed by atoms with E-state index in [0.717, 1.165) is 27.7 Å². The first-order valence-electron chi connectivity index (χ1n) is 8.33. The van der Waals surface area contributed by atoms with Crippen molar-refractivity contribution in [1.29, 1.82) is 5.26 Å². The number of nitrogens with zero attached hydrogens (tertiary/aromatic N) is 2. The summed E-state index contributed by atoms with van der Waals surface area (Å²) in [5.74, 6) is -0.115. The number of nitrogens with one attached hydrogen (secondary N) is 1. The van der Waals surface area contributed by atoms with Crippen LogP contribution >= 0.6 is 11.8 Å². The van der Waals surface area contributed by atoms with Gasteiger partial charge in [-0.2, -0.15) is 5.26 Å². The molecule has 0 aliphatic carbocycles. The molecule has 3 aromatic rings. The molecule has 4 nitrogen and oxygen atoms in total. The predicted octanol–water partition coefficient (Wildman–Crippen LogP) is 4.84. The molecule has 1 N–H and O–H groups in total. The number of carbonyl (C=O) groups is 1. The third kappa shape index (κ3) is 3.71. The van der Waals surface area contributed by atoms with Gasteiger partial charge in [-0.3, -0.25) is 4.79 Å². The van der Waals surface area contributed by atoms with Crippen LogP contribution in [0.5, 0.6) is 0 Å². The maximum Gasteiger partial charge on any atom is 0.237 e. The quantitative estimate of drug-likeness (QED) is 0.675. The molecule has 0 fully saturated rings. The Morgan fingerprint density at radius 2 is 1.92 bits per heavy atom. The van der Waals surface area contributed by atoms with Crippen LogP contribution in [0, 0.1) is 25.2 Å². The zero-order valence-corrected chi connectivity index (χ0v) is 15.7. The van der Waals surface area contributed by atoms with Crippen molar-refractivity contribution in [2.75, 3.05) is 5.32 Å². The van der Waals surface area contributed by atoms with E-state index >= 15 is 0 Å². The number of thioether (sulfide) groups is 1. The van der Waals surface area contributed by atoms with Gasteiger partial charge in [-0.05, 0) is 43.9 Å². The minimum atomic E-state index is -0.380. The second-order valence-corrected chi connectivity index (χ2v) is 7.48. The Hall–Kier alpha value is -2.84. The molecule has 0 radical (unpaired) electrons. The Kier molecular flexibility index (Phi) is 5.24. The summed E-state index contributed by atoms with van der Waals surface area (Å²) in [6, 6.07) is 17.8. The number of rotatable bonds is 4. The standard InChI is InChI=1S/C21H19N3OS/c1-13-11-14(2)23-21(18(13)12-22)26-15(3)20(25)24-19-10-6-8-16-7-4-5-9-17(16)19/h4-11,15H,1-3H3,(H,24,25). The Labute approximate surface area is 157 Å². The summed E-state index contributed by atoms with van der Waals surface area (Å²) in [6.07, 6.45) is 0. The van der Waals surface area contributed by atoms with Gasteiger partial charge in [-0.25, -0.2) is 4.98 Å². The molecule has 1 unspecified atom stereocenters. The van der Waals surface area contributed by atoms with Crippen LogP contribution in [0.25, 0.3) is 10.8 Å². The van der Waals surface area contributed by atoms with E-state index in [4.69, 9.17) is 0 Å². The zero-order chi connectivity index (χ0) is 18.7. The molecule has 0 bridgehead atoms. The lowest BCUT2D eigenvalue weighted by atomic mass is 10.1. The molecule has 0 saturated heterocycles. The highest BCUT2D eigenvalue weighted by Gasteiger charge is 2.19. The number of fused-ring (bicyclic) bond motifs is 1. The van der Waals surface area contributed by atoms with Crippen molar-refractivity contribution >= 4 is 34.1 Å². The number of pyridine rings is 1. The lowest BCUT2D eigenvalue weighted by Gasteiger charge is -2.14. The van der Waals surface area contributed by atoms with Crippen LogP contribution in [0.2, 0.25) is 0 Å². The fourth-order valence-corrected chi connectivity index (χ4v) is 3.84. The molecular formula is C21H19N3OS. The van der Waals surface area contributed by atoms with Crippen molar-refractivity contribution in [3.63, 3.8) is 0 Å². The predicted molar refractivity (Wildman–Crippen MR) is 106 cm³/mol. The number of anilines is 1. The lowest BCUT2D eigenvalue weighted by molar-refractivity contribution is -0.115. The monoisotopic (exact) mass is 361 g/mol. The molecule has 1 heterocycles. The molecule has 1 aromatic heterocycles. The van der Waals surface area contributed by atoms with Crippen LogP contribution in [-0.4, -0.2) is 16.1 Å². The van der Waals surface area contributed by atoms with Crippen LogP contribution in [-0.2, 0) is 4.79 Å². The normalized spacial score (nSPS) is 11.8. The van der Waals surface area contributed by atoms with E-state index in [0.29, 0.717) is 10.6 Å². The van der Waals surface area contributed by atoms with Gasteiger partial charge in [0.15, 0.2) is 0 Å². The number of aryl methyl sites for hydroxylation is 2. The smallest absolute Gasteiger partial charge is 0.237 e. The maximum absolute atomic E-state index is 12.7. The second-order valence-electron chi connectivity index (χ2n) is 6.15. The number of aromatic nitrogens is 1. The fraction of sp³-hybridized carbons (Fsp3) is 0.190. The van der Waals surface area contributed by atoms with Gasteiger partial charge in [-0.15, -0.1) is 0 Å². The van der Waals surface area contributed by atoms with Crippen molar-refractivity contribution in [3.05, 3.63) is 65.4 Å². The van der Waals surface area contributed by atoms with Gasteiger partial charge in [0.2, 0.25) is 5.91 Å². The highest BCUT2D eigenvalue weighted by atomic mass is 32.2. The van der Waals surface area contributed by atoms with Crippen molar-refractivity contribution in [3.8, 4) is 6.07 Å². The number of carbonyl (C=O) groups excluding carboxylic acids is 1. The van der Waals surface area contributed by atoms with Gasteiger partial charge in [0.1, 0.15) is 11.1 Å². The van der Waals surface area contributed by atoms with E-state index in [-0.39, 0.29) is 11.2 Å². The van der Waals surface area contributed by atoms with E-state index in [1.807, 2.05) is 69.3 Å². The minimum absolute atomic E-state index is 0.115. The Balaban J connectivity index is 1.82. The van der Waals surface area contributed by atoms with Gasteiger partial charge in [0.25, 0.3) is 0 Å². The van der Waals surface area contributed by atoms with Gasteiger partial charge in [0, 0.05) is 16.8 Å². The molecule has 26 heavy (non-hydrogen) atoms. The molecule has 1 atom stereocenters. The van der Waals surface area contributed by atoms with Crippen LogP contribution < -0.4 is 5.32 Å². The average molecular weight is 361 g/mol. The molecule has 130 valence electrons. The molecule has 0 saturated carbocycles.